The number of aliphatic hydroxyl groups is 1. The van der Waals surface area contributed by atoms with Gasteiger partial charge in [-0.05, 0) is 19.4 Å². The molecule has 2 rings (SSSR count). The van der Waals surface area contributed by atoms with Crippen LogP contribution in [0.1, 0.15) is 28.8 Å². The van der Waals surface area contributed by atoms with Gasteiger partial charge in [0.05, 0.1) is 0 Å². The van der Waals surface area contributed by atoms with Crippen LogP contribution < -0.4 is 0 Å². The highest BCUT2D eigenvalue weighted by molar-refractivity contribution is 5.29. The summed E-state index contributed by atoms with van der Waals surface area (Å²) in [6.07, 6.45) is -1.05. The Hall–Kier alpha value is -1.61. The maximum absolute atomic E-state index is 13.7. The number of furan rings is 1. The van der Waals surface area contributed by atoms with E-state index >= 15 is 0 Å². The highest BCUT2D eigenvalue weighted by Crippen LogP contribution is 2.29. The second-order valence-corrected chi connectivity index (χ2v) is 3.77. The molecule has 0 radical (unpaired) electrons. The summed E-state index contributed by atoms with van der Waals surface area (Å²) in [5.41, 5.74) is 1.07. The highest BCUT2D eigenvalue weighted by atomic mass is 19.1. The number of rotatable bonds is 2. The molecular weight excluding hydrogens is 207 g/mol. The Morgan fingerprint density at radius 3 is 2.31 bits per heavy atom. The van der Waals surface area contributed by atoms with E-state index in [2.05, 4.69) is 0 Å². The van der Waals surface area contributed by atoms with Crippen molar-refractivity contribution in [2.75, 3.05) is 0 Å². The van der Waals surface area contributed by atoms with Crippen LogP contribution in [0.25, 0.3) is 0 Å². The average Bonchev–Trinajstić information content (AvgIpc) is 2.57. The summed E-state index contributed by atoms with van der Waals surface area (Å²) >= 11 is 0. The van der Waals surface area contributed by atoms with Crippen LogP contribution in [0, 0.1) is 19.7 Å². The largest absolute Gasteiger partial charge is 0.460 e. The van der Waals surface area contributed by atoms with Gasteiger partial charge in [0.1, 0.15) is 11.9 Å². The van der Waals surface area contributed by atoms with Crippen molar-refractivity contribution in [1.82, 2.24) is 0 Å². The van der Waals surface area contributed by atoms with E-state index in [4.69, 9.17) is 4.42 Å². The van der Waals surface area contributed by atoms with Crippen LogP contribution in [0.2, 0.25) is 0 Å². The fourth-order valence-corrected chi connectivity index (χ4v) is 1.59. The van der Waals surface area contributed by atoms with Crippen molar-refractivity contribution in [1.29, 1.82) is 0 Å². The van der Waals surface area contributed by atoms with Crippen LogP contribution in [0.5, 0.6) is 0 Å². The maximum atomic E-state index is 13.7. The molecule has 0 spiro atoms. The van der Waals surface area contributed by atoms with Gasteiger partial charge in [-0.3, -0.25) is 0 Å². The van der Waals surface area contributed by atoms with Gasteiger partial charge in [0, 0.05) is 5.56 Å². The highest BCUT2D eigenvalue weighted by Gasteiger charge is 2.22. The molecule has 0 fully saturated rings. The molecule has 0 saturated heterocycles. The molecule has 2 nitrogen and oxygen atoms in total. The Balaban J connectivity index is 2.42. The van der Waals surface area contributed by atoms with Crippen molar-refractivity contribution in [2.24, 2.45) is 0 Å². The molecule has 0 bridgehead atoms. The van der Waals surface area contributed by atoms with E-state index in [0.29, 0.717) is 16.9 Å². The van der Waals surface area contributed by atoms with Crippen molar-refractivity contribution in [3.8, 4) is 0 Å². The number of aryl methyl sites for hydroxylation is 1. The first-order valence-corrected chi connectivity index (χ1v) is 5.09. The van der Waals surface area contributed by atoms with Gasteiger partial charge in [0.15, 0.2) is 11.6 Å². The van der Waals surface area contributed by atoms with Gasteiger partial charge in [-0.1, -0.05) is 30.3 Å². The Labute approximate surface area is 93.3 Å². The molecule has 0 aliphatic carbocycles. The van der Waals surface area contributed by atoms with Crippen molar-refractivity contribution >= 4 is 0 Å². The topological polar surface area (TPSA) is 33.4 Å². The van der Waals surface area contributed by atoms with Gasteiger partial charge in [-0.25, -0.2) is 4.39 Å². The molecule has 1 heterocycles. The third kappa shape index (κ3) is 1.74. The summed E-state index contributed by atoms with van der Waals surface area (Å²) in [6.45, 7) is 3.31. The van der Waals surface area contributed by atoms with Crippen molar-refractivity contribution in [2.45, 2.75) is 20.0 Å². The normalized spacial score (nSPS) is 12.8. The molecule has 0 amide bonds. The molecule has 1 atom stereocenters. The SMILES string of the molecule is Cc1oc(C(O)c2ccccc2)c(F)c1C. The predicted octanol–water partition coefficient (Wildman–Crippen LogP) is 3.12. The zero-order valence-corrected chi connectivity index (χ0v) is 9.20. The van der Waals surface area contributed by atoms with E-state index in [1.165, 1.54) is 0 Å². The summed E-state index contributed by atoms with van der Waals surface area (Å²) in [7, 11) is 0. The van der Waals surface area contributed by atoms with E-state index in [9.17, 15) is 9.50 Å². The van der Waals surface area contributed by atoms with Crippen LogP contribution in [0.3, 0.4) is 0 Å². The van der Waals surface area contributed by atoms with Crippen LogP contribution in [-0.4, -0.2) is 5.11 Å². The van der Waals surface area contributed by atoms with Crippen molar-refractivity contribution < 1.29 is 13.9 Å². The van der Waals surface area contributed by atoms with Gasteiger partial charge < -0.3 is 9.52 Å². The number of hydrogen-bond donors (Lipinski definition) is 1. The molecule has 1 aromatic heterocycles. The fraction of sp³-hybridized carbons (Fsp3) is 0.231. The zero-order chi connectivity index (χ0) is 11.7. The zero-order valence-electron chi connectivity index (χ0n) is 9.20. The molecule has 16 heavy (non-hydrogen) atoms. The smallest absolute Gasteiger partial charge is 0.173 e. The molecule has 2 aromatic rings. The lowest BCUT2D eigenvalue weighted by Crippen LogP contribution is -2.00. The molecule has 84 valence electrons. The minimum atomic E-state index is -1.05. The van der Waals surface area contributed by atoms with E-state index < -0.39 is 11.9 Å². The third-order valence-electron chi connectivity index (χ3n) is 2.70. The lowest BCUT2D eigenvalue weighted by Gasteiger charge is -2.07. The van der Waals surface area contributed by atoms with Gasteiger partial charge in [-0.2, -0.15) is 0 Å². The Morgan fingerprint density at radius 1 is 1.19 bits per heavy atom. The monoisotopic (exact) mass is 220 g/mol. The Morgan fingerprint density at radius 2 is 1.81 bits per heavy atom. The summed E-state index contributed by atoms with van der Waals surface area (Å²) in [4.78, 5) is 0. The Kier molecular flexibility index (Phi) is 2.79. The standard InChI is InChI=1S/C13H13FO2/c1-8-9(2)16-13(11(8)14)12(15)10-6-4-3-5-7-10/h3-7,12,15H,1-2H3. The molecule has 1 N–H and O–H groups in total. The molecular formula is C13H13FO2. The minimum Gasteiger partial charge on any atom is -0.460 e. The number of halogens is 1. The van der Waals surface area contributed by atoms with E-state index in [1.807, 2.05) is 6.07 Å². The van der Waals surface area contributed by atoms with E-state index in [1.54, 1.807) is 38.1 Å². The van der Waals surface area contributed by atoms with Gasteiger partial charge >= 0.3 is 0 Å². The second-order valence-electron chi connectivity index (χ2n) is 3.77. The molecule has 1 aromatic carbocycles. The van der Waals surface area contributed by atoms with Gasteiger partial charge in [0.25, 0.3) is 0 Å². The minimum absolute atomic E-state index is 0.0128. The van der Waals surface area contributed by atoms with Crippen LogP contribution in [0.4, 0.5) is 4.39 Å². The fourth-order valence-electron chi connectivity index (χ4n) is 1.59. The molecule has 3 heteroatoms. The first-order chi connectivity index (χ1) is 7.61. The third-order valence-corrected chi connectivity index (χ3v) is 2.70. The Bertz CT molecular complexity index is 488. The van der Waals surface area contributed by atoms with Gasteiger partial charge in [-0.15, -0.1) is 0 Å². The van der Waals surface area contributed by atoms with Crippen LogP contribution >= 0.6 is 0 Å². The quantitative estimate of drug-likeness (QED) is 0.843. The van der Waals surface area contributed by atoms with Crippen LogP contribution in [-0.2, 0) is 0 Å². The van der Waals surface area contributed by atoms with E-state index in [-0.39, 0.29) is 5.76 Å². The van der Waals surface area contributed by atoms with Crippen LogP contribution in [0.15, 0.2) is 34.7 Å². The number of benzene rings is 1. The first kappa shape index (κ1) is 10.9. The summed E-state index contributed by atoms with van der Waals surface area (Å²) in [5, 5.41) is 9.98. The maximum Gasteiger partial charge on any atom is 0.173 e. The summed E-state index contributed by atoms with van der Waals surface area (Å²) in [6, 6.07) is 8.89. The lowest BCUT2D eigenvalue weighted by atomic mass is 10.1. The molecule has 1 unspecified atom stereocenters. The molecule has 0 aliphatic rings. The molecule has 0 aliphatic heterocycles. The number of hydrogen-bond acceptors (Lipinski definition) is 2. The lowest BCUT2D eigenvalue weighted by molar-refractivity contribution is 0.181. The van der Waals surface area contributed by atoms with Crippen molar-refractivity contribution in [3.63, 3.8) is 0 Å². The average molecular weight is 220 g/mol. The number of aliphatic hydroxyl groups excluding tert-OH is 1. The van der Waals surface area contributed by atoms with E-state index in [0.717, 1.165) is 0 Å². The molecule has 0 saturated carbocycles. The summed E-state index contributed by atoms with van der Waals surface area (Å²) in [5.74, 6) is 0.0255. The van der Waals surface area contributed by atoms with Crippen molar-refractivity contribution in [3.05, 3.63) is 58.8 Å². The predicted molar refractivity (Wildman–Crippen MR) is 58.6 cm³/mol. The summed E-state index contributed by atoms with van der Waals surface area (Å²) < 4.78 is 18.9. The first-order valence-electron chi connectivity index (χ1n) is 5.09. The van der Waals surface area contributed by atoms with Gasteiger partial charge in [0.2, 0.25) is 0 Å². The second kappa shape index (κ2) is 4.10.